The normalized spacial score (nSPS) is 19.2. The van der Waals surface area contributed by atoms with Gasteiger partial charge in [-0.1, -0.05) is 41.9 Å². The average molecular weight is 508 g/mol. The third-order valence-corrected chi connectivity index (χ3v) is 7.53. The maximum absolute atomic E-state index is 13.6. The van der Waals surface area contributed by atoms with Gasteiger partial charge in [-0.2, -0.15) is 5.10 Å². The van der Waals surface area contributed by atoms with E-state index in [-0.39, 0.29) is 18.4 Å². The molecule has 4 heterocycles. The van der Waals surface area contributed by atoms with Gasteiger partial charge in [0.15, 0.2) is 5.69 Å². The van der Waals surface area contributed by atoms with Crippen molar-refractivity contribution < 1.29 is 19.1 Å². The summed E-state index contributed by atoms with van der Waals surface area (Å²) in [7, 11) is 3.70. The van der Waals surface area contributed by atoms with Gasteiger partial charge in [0.2, 0.25) is 0 Å². The third-order valence-electron chi connectivity index (χ3n) is 7.11. The Morgan fingerprint density at radius 3 is 2.58 bits per heavy atom. The van der Waals surface area contributed by atoms with Crippen LogP contribution in [0, 0.1) is 0 Å². The molecule has 0 bridgehead atoms. The van der Waals surface area contributed by atoms with Crippen LogP contribution in [0.1, 0.15) is 21.6 Å². The van der Waals surface area contributed by atoms with Crippen LogP contribution in [0.4, 0.5) is 11.4 Å². The number of benzene rings is 2. The molecule has 0 N–H and O–H groups in total. The largest absolute Gasteiger partial charge is 0.489 e. The molecule has 36 heavy (non-hydrogen) atoms. The molecule has 0 unspecified atom stereocenters. The number of amides is 2. The number of rotatable bonds is 3. The van der Waals surface area contributed by atoms with E-state index in [9.17, 15) is 9.59 Å². The van der Waals surface area contributed by atoms with E-state index in [4.69, 9.17) is 21.1 Å². The van der Waals surface area contributed by atoms with Crippen LogP contribution in [0.5, 0.6) is 11.5 Å². The van der Waals surface area contributed by atoms with E-state index in [1.165, 1.54) is 0 Å². The van der Waals surface area contributed by atoms with Crippen LogP contribution in [0.15, 0.2) is 42.5 Å². The highest BCUT2D eigenvalue weighted by atomic mass is 35.5. The predicted octanol–water partition coefficient (Wildman–Crippen LogP) is 2.84. The molecule has 3 aliphatic rings. The van der Waals surface area contributed by atoms with Crippen molar-refractivity contribution in [3.05, 3.63) is 64.4 Å². The third kappa shape index (κ3) is 3.65. The molecule has 1 aromatic heterocycles. The topological polar surface area (TPSA) is 80.1 Å². The summed E-state index contributed by atoms with van der Waals surface area (Å²) < 4.78 is 13.6. The van der Waals surface area contributed by atoms with Crippen LogP contribution >= 0.6 is 11.6 Å². The molecule has 0 fully saturated rings. The standard InChI is InChI=1S/C26H26ClN5O4/c1-29-10-11-35-21-13-19-22(12-18(21)29)36-15-20(25(33)30(19)2)31-9-8-17-23(26(31)34)28-32(24(17)27)14-16-6-4-3-5-7-16/h3-7,12-13,20H,8-11,14-15H2,1-2H3/t20-/m0/s1. The van der Waals surface area contributed by atoms with Crippen LogP contribution in [-0.2, 0) is 17.8 Å². The molecule has 6 rings (SSSR count). The van der Waals surface area contributed by atoms with E-state index >= 15 is 0 Å². The quantitative estimate of drug-likeness (QED) is 0.542. The van der Waals surface area contributed by atoms with Crippen molar-refractivity contribution >= 4 is 34.8 Å². The molecule has 3 aliphatic heterocycles. The van der Waals surface area contributed by atoms with Crippen LogP contribution in [0.25, 0.3) is 0 Å². The first-order valence-electron chi connectivity index (χ1n) is 11.9. The molecular weight excluding hydrogens is 482 g/mol. The Balaban J connectivity index is 1.28. The highest BCUT2D eigenvalue weighted by Gasteiger charge is 2.41. The van der Waals surface area contributed by atoms with Gasteiger partial charge in [0, 0.05) is 38.3 Å². The van der Waals surface area contributed by atoms with Gasteiger partial charge in [-0.05, 0) is 12.0 Å². The summed E-state index contributed by atoms with van der Waals surface area (Å²) in [5, 5.41) is 5.01. The fourth-order valence-corrected chi connectivity index (χ4v) is 5.33. The van der Waals surface area contributed by atoms with Crippen molar-refractivity contribution in [2.75, 3.05) is 50.2 Å². The molecule has 10 heteroatoms. The summed E-state index contributed by atoms with van der Waals surface area (Å²) in [6, 6.07) is 12.8. The summed E-state index contributed by atoms with van der Waals surface area (Å²) in [6.07, 6.45) is 0.516. The smallest absolute Gasteiger partial charge is 0.275 e. The number of carbonyl (C=O) groups excluding carboxylic acids is 2. The van der Waals surface area contributed by atoms with Crippen molar-refractivity contribution in [2.45, 2.75) is 19.0 Å². The van der Waals surface area contributed by atoms with Crippen LogP contribution in [0.3, 0.4) is 0 Å². The second kappa shape index (κ2) is 8.74. The number of nitrogens with zero attached hydrogens (tertiary/aromatic N) is 5. The van der Waals surface area contributed by atoms with Gasteiger partial charge in [-0.25, -0.2) is 4.68 Å². The van der Waals surface area contributed by atoms with E-state index in [2.05, 4.69) is 10.00 Å². The molecule has 0 spiro atoms. The number of carbonyl (C=O) groups is 2. The zero-order chi connectivity index (χ0) is 25.0. The molecule has 2 aromatic carbocycles. The zero-order valence-electron chi connectivity index (χ0n) is 20.1. The van der Waals surface area contributed by atoms with Gasteiger partial charge >= 0.3 is 0 Å². The maximum Gasteiger partial charge on any atom is 0.275 e. The lowest BCUT2D eigenvalue weighted by Crippen LogP contribution is -2.54. The van der Waals surface area contributed by atoms with Crippen molar-refractivity contribution in [3.8, 4) is 11.5 Å². The van der Waals surface area contributed by atoms with Crippen LogP contribution < -0.4 is 19.3 Å². The lowest BCUT2D eigenvalue weighted by Gasteiger charge is -2.33. The summed E-state index contributed by atoms with van der Waals surface area (Å²) in [5.74, 6) is 0.768. The van der Waals surface area contributed by atoms with Gasteiger partial charge in [0.1, 0.15) is 35.9 Å². The summed E-state index contributed by atoms with van der Waals surface area (Å²) in [6.45, 7) is 2.22. The summed E-state index contributed by atoms with van der Waals surface area (Å²) >= 11 is 6.62. The molecule has 0 saturated carbocycles. The van der Waals surface area contributed by atoms with Crippen molar-refractivity contribution in [1.29, 1.82) is 0 Å². The average Bonchev–Trinajstić information content (AvgIpc) is 3.14. The summed E-state index contributed by atoms with van der Waals surface area (Å²) in [5.41, 5.74) is 3.59. The monoisotopic (exact) mass is 507 g/mol. The van der Waals surface area contributed by atoms with Gasteiger partial charge in [-0.3, -0.25) is 9.59 Å². The fourth-order valence-electron chi connectivity index (χ4n) is 5.05. The molecule has 3 aromatic rings. The molecular formula is C26H26ClN5O4. The minimum atomic E-state index is -0.781. The van der Waals surface area contributed by atoms with Crippen molar-refractivity contribution in [2.24, 2.45) is 0 Å². The van der Waals surface area contributed by atoms with Gasteiger partial charge in [0.05, 0.1) is 24.5 Å². The van der Waals surface area contributed by atoms with E-state index in [1.54, 1.807) is 21.5 Å². The SMILES string of the molecule is CN1CCOc2cc3c(cc21)OC[C@H](N1CCc2c(nn(Cc4ccccc4)c2Cl)C1=O)C(=O)N3C. The van der Waals surface area contributed by atoms with Crippen molar-refractivity contribution in [1.82, 2.24) is 14.7 Å². The second-order valence-corrected chi connectivity index (χ2v) is 9.65. The zero-order valence-corrected chi connectivity index (χ0v) is 20.9. The number of halogens is 1. The highest BCUT2D eigenvalue weighted by molar-refractivity contribution is 6.31. The first-order valence-corrected chi connectivity index (χ1v) is 12.3. The molecule has 9 nitrogen and oxygen atoms in total. The first kappa shape index (κ1) is 22.7. The molecule has 0 saturated heterocycles. The Hall–Kier alpha value is -3.72. The Labute approximate surface area is 213 Å². The van der Waals surface area contributed by atoms with Gasteiger partial charge in [0.25, 0.3) is 11.8 Å². The molecule has 186 valence electrons. The number of likely N-dealkylation sites (N-methyl/N-ethyl adjacent to an activating group) is 2. The van der Waals surface area contributed by atoms with Gasteiger partial charge in [-0.15, -0.1) is 0 Å². The fraction of sp³-hybridized carbons (Fsp3) is 0.346. The van der Waals surface area contributed by atoms with E-state index < -0.39 is 6.04 Å². The minimum absolute atomic E-state index is 0.0546. The number of anilines is 2. The van der Waals surface area contributed by atoms with E-state index in [1.807, 2.05) is 49.5 Å². The lowest BCUT2D eigenvalue weighted by atomic mass is 10.0. The number of hydrogen-bond acceptors (Lipinski definition) is 6. The predicted molar refractivity (Wildman–Crippen MR) is 135 cm³/mol. The molecule has 1 atom stereocenters. The van der Waals surface area contributed by atoms with Crippen molar-refractivity contribution in [3.63, 3.8) is 0 Å². The van der Waals surface area contributed by atoms with E-state index in [0.717, 1.165) is 23.4 Å². The Bertz CT molecular complexity index is 1360. The minimum Gasteiger partial charge on any atom is -0.489 e. The van der Waals surface area contributed by atoms with E-state index in [0.29, 0.717) is 54.2 Å². The number of aromatic nitrogens is 2. The number of ether oxygens (including phenoxy) is 2. The maximum atomic E-state index is 13.6. The van der Waals surface area contributed by atoms with Crippen LogP contribution in [-0.4, -0.2) is 72.9 Å². The number of hydrogen-bond donors (Lipinski definition) is 0. The second-order valence-electron chi connectivity index (χ2n) is 9.29. The lowest BCUT2D eigenvalue weighted by molar-refractivity contribution is -0.123. The molecule has 2 amide bonds. The summed E-state index contributed by atoms with van der Waals surface area (Å²) in [4.78, 5) is 32.3. The Morgan fingerprint density at radius 2 is 1.78 bits per heavy atom. The Morgan fingerprint density at radius 1 is 1.03 bits per heavy atom. The van der Waals surface area contributed by atoms with Crippen LogP contribution in [0.2, 0.25) is 5.15 Å². The molecule has 0 aliphatic carbocycles. The molecule has 0 radical (unpaired) electrons. The highest BCUT2D eigenvalue weighted by Crippen LogP contribution is 2.43. The van der Waals surface area contributed by atoms with Gasteiger partial charge < -0.3 is 24.2 Å². The first-order chi connectivity index (χ1) is 17.4. The number of fused-ring (bicyclic) bond motifs is 3. The Kier molecular flexibility index (Phi) is 5.52.